The second-order valence-corrected chi connectivity index (χ2v) is 7.21. The van der Waals surface area contributed by atoms with Crippen LogP contribution in [-0.4, -0.2) is 53.6 Å². The Morgan fingerprint density at radius 3 is 2.43 bits per heavy atom. The molecule has 3 unspecified atom stereocenters. The number of hydrogen-bond donors (Lipinski definition) is 1. The molecule has 1 aliphatic rings. The van der Waals surface area contributed by atoms with Gasteiger partial charge in [-0.2, -0.15) is 0 Å². The Bertz CT molecular complexity index is 345. The van der Waals surface area contributed by atoms with Gasteiger partial charge in [0, 0.05) is 19.1 Å². The van der Waals surface area contributed by atoms with Crippen LogP contribution in [-0.2, 0) is 4.79 Å². The van der Waals surface area contributed by atoms with E-state index >= 15 is 0 Å². The van der Waals surface area contributed by atoms with Gasteiger partial charge in [-0.15, -0.1) is 0 Å². The predicted molar refractivity (Wildman–Crippen MR) is 89.2 cm³/mol. The fraction of sp³-hybridized carbons (Fsp3) is 0.941. The van der Waals surface area contributed by atoms with Crippen LogP contribution in [0.25, 0.3) is 0 Å². The maximum absolute atomic E-state index is 12.7. The smallest absolute Gasteiger partial charge is 0.243 e. The minimum Gasteiger partial charge on any atom is -0.324 e. The summed E-state index contributed by atoms with van der Waals surface area (Å²) < 4.78 is 0. The van der Waals surface area contributed by atoms with Crippen LogP contribution < -0.4 is 5.32 Å². The summed E-state index contributed by atoms with van der Waals surface area (Å²) in [5, 5.41) is 3.57. The summed E-state index contributed by atoms with van der Waals surface area (Å²) in [7, 11) is 2.15. The Hall–Kier alpha value is -0.610. The predicted octanol–water partition coefficient (Wildman–Crippen LogP) is 2.69. The second-order valence-electron chi connectivity index (χ2n) is 7.21. The van der Waals surface area contributed by atoms with Crippen molar-refractivity contribution in [3.63, 3.8) is 0 Å². The van der Waals surface area contributed by atoms with Crippen molar-refractivity contribution < 1.29 is 4.79 Å². The molecule has 0 bridgehead atoms. The molecule has 0 aromatic rings. The van der Waals surface area contributed by atoms with Crippen molar-refractivity contribution in [2.24, 2.45) is 5.92 Å². The van der Waals surface area contributed by atoms with Crippen LogP contribution >= 0.6 is 0 Å². The number of likely N-dealkylation sites (N-methyl/N-ethyl adjacent to an activating group) is 1. The van der Waals surface area contributed by atoms with E-state index in [1.165, 1.54) is 0 Å². The van der Waals surface area contributed by atoms with E-state index in [0.29, 0.717) is 12.0 Å². The largest absolute Gasteiger partial charge is 0.324 e. The van der Waals surface area contributed by atoms with E-state index < -0.39 is 0 Å². The van der Waals surface area contributed by atoms with Crippen molar-refractivity contribution in [3.8, 4) is 0 Å². The molecule has 1 rings (SSSR count). The number of rotatable bonds is 8. The van der Waals surface area contributed by atoms with Crippen molar-refractivity contribution in [1.29, 1.82) is 0 Å². The van der Waals surface area contributed by atoms with Gasteiger partial charge in [0.1, 0.15) is 0 Å². The maximum Gasteiger partial charge on any atom is 0.243 e. The first-order valence-corrected chi connectivity index (χ1v) is 8.54. The highest BCUT2D eigenvalue weighted by Crippen LogP contribution is 2.26. The average molecular weight is 297 g/mol. The standard InChI is InChI=1S/C17H35N3O/c1-8-14(5)19(7)10-11-20-15(12-13(3)4)18-17(6,9-2)16(20)21/h13-15,18H,8-12H2,1-7H3. The maximum atomic E-state index is 12.7. The monoisotopic (exact) mass is 297 g/mol. The Kier molecular flexibility index (Phi) is 6.67. The third-order valence-corrected chi connectivity index (χ3v) is 5.03. The molecule has 1 heterocycles. The molecule has 1 amide bonds. The molecule has 0 radical (unpaired) electrons. The van der Waals surface area contributed by atoms with Crippen molar-refractivity contribution >= 4 is 5.91 Å². The Morgan fingerprint density at radius 1 is 1.33 bits per heavy atom. The minimum atomic E-state index is -0.380. The fourth-order valence-corrected chi connectivity index (χ4v) is 2.91. The summed E-state index contributed by atoms with van der Waals surface area (Å²) in [6.07, 6.45) is 3.20. The molecule has 3 atom stereocenters. The van der Waals surface area contributed by atoms with Crippen LogP contribution in [0.3, 0.4) is 0 Å². The lowest BCUT2D eigenvalue weighted by molar-refractivity contribution is -0.133. The second kappa shape index (κ2) is 7.59. The first-order valence-electron chi connectivity index (χ1n) is 8.54. The Labute approximate surface area is 131 Å². The first kappa shape index (κ1) is 18.4. The van der Waals surface area contributed by atoms with Crippen molar-refractivity contribution in [2.75, 3.05) is 20.1 Å². The van der Waals surface area contributed by atoms with Gasteiger partial charge in [0.25, 0.3) is 0 Å². The zero-order chi connectivity index (χ0) is 16.2. The molecule has 0 aliphatic carbocycles. The van der Waals surface area contributed by atoms with Crippen LogP contribution in [0.1, 0.15) is 60.8 Å². The summed E-state index contributed by atoms with van der Waals surface area (Å²) in [5.41, 5.74) is -0.380. The molecule has 1 fully saturated rings. The highest BCUT2D eigenvalue weighted by molar-refractivity contribution is 5.88. The summed E-state index contributed by atoms with van der Waals surface area (Å²) in [6.45, 7) is 14.8. The van der Waals surface area contributed by atoms with E-state index in [9.17, 15) is 4.79 Å². The van der Waals surface area contributed by atoms with Crippen LogP contribution in [0.5, 0.6) is 0 Å². The van der Waals surface area contributed by atoms with E-state index in [2.05, 4.69) is 56.8 Å². The van der Waals surface area contributed by atoms with Crippen molar-refractivity contribution in [2.45, 2.75) is 78.6 Å². The summed E-state index contributed by atoms with van der Waals surface area (Å²) >= 11 is 0. The molecule has 21 heavy (non-hydrogen) atoms. The Balaban J connectivity index is 2.73. The SMILES string of the molecule is CCC(C)N(C)CCN1C(=O)C(C)(CC)NC1CC(C)C. The topological polar surface area (TPSA) is 35.6 Å². The third kappa shape index (κ3) is 4.43. The number of hydrogen-bond acceptors (Lipinski definition) is 3. The lowest BCUT2D eigenvalue weighted by Crippen LogP contribution is -2.44. The fourth-order valence-electron chi connectivity index (χ4n) is 2.91. The zero-order valence-corrected chi connectivity index (χ0v) is 15.1. The number of carbonyl (C=O) groups is 1. The lowest BCUT2D eigenvalue weighted by atomic mass is 9.99. The average Bonchev–Trinajstić information content (AvgIpc) is 2.67. The van der Waals surface area contributed by atoms with E-state index in [0.717, 1.165) is 32.4 Å². The van der Waals surface area contributed by atoms with E-state index in [4.69, 9.17) is 0 Å². The molecule has 4 nitrogen and oxygen atoms in total. The van der Waals surface area contributed by atoms with Gasteiger partial charge >= 0.3 is 0 Å². The molecule has 0 aromatic carbocycles. The molecule has 0 spiro atoms. The van der Waals surface area contributed by atoms with Gasteiger partial charge in [-0.3, -0.25) is 10.1 Å². The van der Waals surface area contributed by atoms with Gasteiger partial charge in [0.2, 0.25) is 5.91 Å². The lowest BCUT2D eigenvalue weighted by Gasteiger charge is -2.30. The molecule has 1 saturated heterocycles. The number of nitrogens with zero attached hydrogens (tertiary/aromatic N) is 2. The molecular weight excluding hydrogens is 262 g/mol. The molecule has 0 saturated carbocycles. The van der Waals surface area contributed by atoms with E-state index in [-0.39, 0.29) is 17.6 Å². The van der Waals surface area contributed by atoms with Gasteiger partial charge in [0.05, 0.1) is 11.7 Å². The minimum absolute atomic E-state index is 0.188. The normalized spacial score (nSPS) is 28.0. The Morgan fingerprint density at radius 2 is 1.95 bits per heavy atom. The molecule has 1 aliphatic heterocycles. The van der Waals surface area contributed by atoms with E-state index in [1.807, 2.05) is 6.92 Å². The molecule has 124 valence electrons. The molecule has 0 aromatic heterocycles. The van der Waals surface area contributed by atoms with Gasteiger partial charge in [-0.25, -0.2) is 0 Å². The summed E-state index contributed by atoms with van der Waals surface area (Å²) in [4.78, 5) is 17.2. The van der Waals surface area contributed by atoms with Crippen LogP contribution in [0.2, 0.25) is 0 Å². The summed E-state index contributed by atoms with van der Waals surface area (Å²) in [5.74, 6) is 0.859. The first-order chi connectivity index (χ1) is 9.75. The van der Waals surface area contributed by atoms with Crippen LogP contribution in [0.15, 0.2) is 0 Å². The number of amides is 1. The van der Waals surface area contributed by atoms with Crippen molar-refractivity contribution in [1.82, 2.24) is 15.1 Å². The van der Waals surface area contributed by atoms with Gasteiger partial charge in [0.15, 0.2) is 0 Å². The zero-order valence-electron chi connectivity index (χ0n) is 15.1. The van der Waals surface area contributed by atoms with Crippen LogP contribution in [0, 0.1) is 5.92 Å². The molecule has 1 N–H and O–H groups in total. The summed E-state index contributed by atoms with van der Waals surface area (Å²) in [6, 6.07) is 0.566. The number of carbonyl (C=O) groups excluding carboxylic acids is 1. The highest BCUT2D eigenvalue weighted by Gasteiger charge is 2.46. The third-order valence-electron chi connectivity index (χ3n) is 5.03. The molecule has 4 heteroatoms. The van der Waals surface area contributed by atoms with Crippen LogP contribution in [0.4, 0.5) is 0 Å². The van der Waals surface area contributed by atoms with E-state index in [1.54, 1.807) is 0 Å². The highest BCUT2D eigenvalue weighted by atomic mass is 16.2. The van der Waals surface area contributed by atoms with Gasteiger partial charge in [-0.1, -0.05) is 27.7 Å². The number of nitrogens with one attached hydrogen (secondary N) is 1. The van der Waals surface area contributed by atoms with Gasteiger partial charge in [-0.05, 0) is 46.1 Å². The van der Waals surface area contributed by atoms with Gasteiger partial charge < -0.3 is 9.80 Å². The van der Waals surface area contributed by atoms with Crippen molar-refractivity contribution in [3.05, 3.63) is 0 Å². The molecular formula is C17H35N3O. The quantitative estimate of drug-likeness (QED) is 0.748.